The van der Waals surface area contributed by atoms with Crippen molar-refractivity contribution in [2.24, 2.45) is 0 Å². The van der Waals surface area contributed by atoms with Crippen molar-refractivity contribution in [3.05, 3.63) is 47.8 Å². The van der Waals surface area contributed by atoms with Crippen molar-refractivity contribution in [3.8, 4) is 11.8 Å². The van der Waals surface area contributed by atoms with Gasteiger partial charge in [-0.05, 0) is 25.1 Å². The Morgan fingerprint density at radius 2 is 2.27 bits per heavy atom. The van der Waals surface area contributed by atoms with Gasteiger partial charge < -0.3 is 4.57 Å². The highest BCUT2D eigenvalue weighted by Crippen LogP contribution is 2.15. The lowest BCUT2D eigenvalue weighted by Gasteiger charge is -2.03. The minimum Gasteiger partial charge on any atom is -0.305 e. The Bertz CT molecular complexity index is 537. The van der Waals surface area contributed by atoms with E-state index in [-0.39, 0.29) is 0 Å². The molecule has 0 aliphatic heterocycles. The normalized spacial score (nSPS) is 9.93. The Labute approximate surface area is 86.4 Å². The molecule has 0 aliphatic rings. The van der Waals surface area contributed by atoms with Crippen LogP contribution in [0.1, 0.15) is 11.3 Å². The van der Waals surface area contributed by atoms with Gasteiger partial charge in [-0.1, -0.05) is 0 Å². The first-order chi connectivity index (χ1) is 7.20. The standard InChI is InChI=1S/C11H8FN3/c1-8-6-15(7-14-8)11-3-2-10(12)4-9(11)5-13/h2-4,6-7H,1H3. The number of halogens is 1. The minimum absolute atomic E-state index is 0.299. The van der Waals surface area contributed by atoms with Crippen LogP contribution in [0.5, 0.6) is 0 Å². The number of nitriles is 1. The van der Waals surface area contributed by atoms with Crippen LogP contribution in [0.2, 0.25) is 0 Å². The van der Waals surface area contributed by atoms with E-state index in [1.165, 1.54) is 12.1 Å². The third-order valence-electron chi connectivity index (χ3n) is 2.07. The molecule has 0 bridgehead atoms. The molecule has 74 valence electrons. The van der Waals surface area contributed by atoms with Crippen LogP contribution in [-0.2, 0) is 0 Å². The molecule has 2 aromatic rings. The van der Waals surface area contributed by atoms with Crippen LogP contribution < -0.4 is 0 Å². The molecule has 3 nitrogen and oxygen atoms in total. The number of nitrogens with zero attached hydrogens (tertiary/aromatic N) is 3. The molecule has 0 saturated carbocycles. The van der Waals surface area contributed by atoms with E-state index in [1.807, 2.05) is 13.0 Å². The van der Waals surface area contributed by atoms with Gasteiger partial charge in [0.15, 0.2) is 0 Å². The molecule has 0 radical (unpaired) electrons. The van der Waals surface area contributed by atoms with Crippen LogP contribution in [0.25, 0.3) is 5.69 Å². The Morgan fingerprint density at radius 3 is 2.87 bits per heavy atom. The summed E-state index contributed by atoms with van der Waals surface area (Å²) in [6, 6.07) is 6.06. The number of imidazole rings is 1. The molecule has 4 heteroatoms. The molecule has 0 unspecified atom stereocenters. The topological polar surface area (TPSA) is 41.6 Å². The minimum atomic E-state index is -0.410. The molecule has 1 heterocycles. The zero-order valence-corrected chi connectivity index (χ0v) is 8.11. The number of benzene rings is 1. The highest BCUT2D eigenvalue weighted by atomic mass is 19.1. The first kappa shape index (κ1) is 9.41. The van der Waals surface area contributed by atoms with Crippen LogP contribution in [0.4, 0.5) is 4.39 Å². The van der Waals surface area contributed by atoms with Gasteiger partial charge in [0.05, 0.1) is 23.3 Å². The molecule has 0 N–H and O–H groups in total. The monoisotopic (exact) mass is 201 g/mol. The first-order valence-electron chi connectivity index (χ1n) is 4.41. The largest absolute Gasteiger partial charge is 0.305 e. The van der Waals surface area contributed by atoms with Crippen LogP contribution in [-0.4, -0.2) is 9.55 Å². The van der Waals surface area contributed by atoms with Crippen LogP contribution in [0.3, 0.4) is 0 Å². The van der Waals surface area contributed by atoms with Crippen molar-refractivity contribution < 1.29 is 4.39 Å². The highest BCUT2D eigenvalue weighted by molar-refractivity contribution is 5.49. The van der Waals surface area contributed by atoms with Gasteiger partial charge in [0, 0.05) is 6.20 Å². The van der Waals surface area contributed by atoms with Crippen molar-refractivity contribution in [2.75, 3.05) is 0 Å². The quantitative estimate of drug-likeness (QED) is 0.709. The summed E-state index contributed by atoms with van der Waals surface area (Å²) in [6.45, 7) is 1.85. The Hall–Kier alpha value is -2.15. The number of rotatable bonds is 1. The smallest absolute Gasteiger partial charge is 0.124 e. The summed E-state index contributed by atoms with van der Waals surface area (Å²) in [6.07, 6.45) is 3.39. The summed E-state index contributed by atoms with van der Waals surface area (Å²) in [5.74, 6) is -0.410. The van der Waals surface area contributed by atoms with Crippen molar-refractivity contribution in [3.63, 3.8) is 0 Å². The van der Waals surface area contributed by atoms with Crippen molar-refractivity contribution in [1.29, 1.82) is 5.26 Å². The van der Waals surface area contributed by atoms with E-state index in [4.69, 9.17) is 5.26 Å². The molecule has 0 spiro atoms. The number of aromatic nitrogens is 2. The molecule has 0 saturated heterocycles. The lowest BCUT2D eigenvalue weighted by molar-refractivity contribution is 0.627. The number of hydrogen-bond donors (Lipinski definition) is 0. The molecule has 0 atom stereocenters. The summed E-state index contributed by atoms with van der Waals surface area (Å²) < 4.78 is 14.6. The predicted molar refractivity (Wildman–Crippen MR) is 53.0 cm³/mol. The van der Waals surface area contributed by atoms with Crippen molar-refractivity contribution >= 4 is 0 Å². The van der Waals surface area contributed by atoms with Gasteiger partial charge in [0.2, 0.25) is 0 Å². The van der Waals surface area contributed by atoms with Gasteiger partial charge in [-0.15, -0.1) is 0 Å². The maximum atomic E-state index is 12.9. The molecular formula is C11H8FN3. The summed E-state index contributed by atoms with van der Waals surface area (Å²) in [7, 11) is 0. The molecule has 0 amide bonds. The Kier molecular flexibility index (Phi) is 2.22. The van der Waals surface area contributed by atoms with E-state index in [0.29, 0.717) is 11.3 Å². The van der Waals surface area contributed by atoms with Crippen LogP contribution in [0, 0.1) is 24.1 Å². The van der Waals surface area contributed by atoms with Crippen molar-refractivity contribution in [2.45, 2.75) is 6.92 Å². The van der Waals surface area contributed by atoms with Gasteiger partial charge in [0.25, 0.3) is 0 Å². The Balaban J connectivity index is 2.58. The molecule has 1 aromatic carbocycles. The lowest BCUT2D eigenvalue weighted by atomic mass is 10.2. The third kappa shape index (κ3) is 1.72. The van der Waals surface area contributed by atoms with E-state index in [0.717, 1.165) is 5.69 Å². The zero-order valence-electron chi connectivity index (χ0n) is 8.11. The average Bonchev–Trinajstić information content (AvgIpc) is 2.64. The molecule has 1 aromatic heterocycles. The summed E-state index contributed by atoms with van der Waals surface area (Å²) in [5.41, 5.74) is 1.79. The van der Waals surface area contributed by atoms with Crippen LogP contribution >= 0.6 is 0 Å². The Morgan fingerprint density at radius 1 is 1.47 bits per heavy atom. The van der Waals surface area contributed by atoms with Gasteiger partial charge >= 0.3 is 0 Å². The van der Waals surface area contributed by atoms with Gasteiger partial charge in [-0.3, -0.25) is 0 Å². The van der Waals surface area contributed by atoms with Gasteiger partial charge in [0.1, 0.15) is 11.9 Å². The fraction of sp³-hybridized carbons (Fsp3) is 0.0909. The fourth-order valence-electron chi connectivity index (χ4n) is 1.38. The summed E-state index contributed by atoms with van der Waals surface area (Å²) in [5, 5.41) is 8.86. The predicted octanol–water partition coefficient (Wildman–Crippen LogP) is 2.19. The molecular weight excluding hydrogens is 193 g/mol. The SMILES string of the molecule is Cc1cn(-c2ccc(F)cc2C#N)cn1. The maximum Gasteiger partial charge on any atom is 0.124 e. The van der Waals surface area contributed by atoms with Gasteiger partial charge in [-0.25, -0.2) is 9.37 Å². The van der Waals surface area contributed by atoms with E-state index in [9.17, 15) is 4.39 Å². The van der Waals surface area contributed by atoms with E-state index < -0.39 is 5.82 Å². The van der Waals surface area contributed by atoms with Gasteiger partial charge in [-0.2, -0.15) is 5.26 Å². The molecule has 0 fully saturated rings. The van der Waals surface area contributed by atoms with Crippen molar-refractivity contribution in [1.82, 2.24) is 9.55 Å². The lowest BCUT2D eigenvalue weighted by Crippen LogP contribution is -1.95. The number of aryl methyl sites for hydroxylation is 1. The number of hydrogen-bond acceptors (Lipinski definition) is 2. The second-order valence-corrected chi connectivity index (χ2v) is 3.20. The maximum absolute atomic E-state index is 12.9. The highest BCUT2D eigenvalue weighted by Gasteiger charge is 2.05. The first-order valence-corrected chi connectivity index (χ1v) is 4.41. The van der Waals surface area contributed by atoms with E-state index in [1.54, 1.807) is 23.2 Å². The zero-order chi connectivity index (χ0) is 10.8. The second kappa shape index (κ2) is 3.54. The molecule has 15 heavy (non-hydrogen) atoms. The third-order valence-corrected chi connectivity index (χ3v) is 2.07. The van der Waals surface area contributed by atoms with E-state index in [2.05, 4.69) is 4.98 Å². The average molecular weight is 201 g/mol. The second-order valence-electron chi connectivity index (χ2n) is 3.20. The molecule has 0 aliphatic carbocycles. The summed E-state index contributed by atoms with van der Waals surface area (Å²) in [4.78, 5) is 4.05. The summed E-state index contributed by atoms with van der Waals surface area (Å²) >= 11 is 0. The molecule has 2 rings (SSSR count). The fourth-order valence-corrected chi connectivity index (χ4v) is 1.38. The van der Waals surface area contributed by atoms with Crippen LogP contribution in [0.15, 0.2) is 30.7 Å². The van der Waals surface area contributed by atoms with E-state index >= 15 is 0 Å².